The molecular weight excluding hydrogens is 396 g/mol. The minimum Gasteiger partial charge on any atom is -0.383 e. The third-order valence-corrected chi connectivity index (χ3v) is 6.41. The van der Waals surface area contributed by atoms with Crippen LogP contribution in [0.5, 0.6) is 0 Å². The van der Waals surface area contributed by atoms with Gasteiger partial charge < -0.3 is 20.2 Å². The Balaban J connectivity index is 0.000000162. The fourth-order valence-corrected chi connectivity index (χ4v) is 4.99. The van der Waals surface area contributed by atoms with Crippen molar-refractivity contribution in [1.29, 1.82) is 0 Å². The number of aromatic amines is 1. The molecule has 0 amide bonds. The number of nitrogens with zero attached hydrogens (tertiary/aromatic N) is 2. The highest BCUT2D eigenvalue weighted by atomic mass is 35.5. The van der Waals surface area contributed by atoms with E-state index in [0.717, 1.165) is 28.9 Å². The molecule has 0 spiro atoms. The second-order valence-electron chi connectivity index (χ2n) is 7.33. The van der Waals surface area contributed by atoms with Crippen molar-refractivity contribution >= 4 is 40.2 Å². The molecule has 2 aliphatic rings. The molecule has 148 valence electrons. The summed E-state index contributed by atoms with van der Waals surface area (Å²) in [7, 11) is 0. The van der Waals surface area contributed by atoms with Crippen LogP contribution in [0, 0.1) is 0 Å². The zero-order valence-electron chi connectivity index (χ0n) is 15.8. The normalized spacial score (nSPS) is 25.3. The maximum Gasteiger partial charge on any atom is 0.163 e. The van der Waals surface area contributed by atoms with Gasteiger partial charge in [0.15, 0.2) is 5.79 Å². The van der Waals surface area contributed by atoms with Gasteiger partial charge in [-0.15, -0.1) is 11.8 Å². The lowest BCUT2D eigenvalue weighted by molar-refractivity contribution is -0.150. The number of nitrogens with two attached hydrogens (primary N) is 1. The van der Waals surface area contributed by atoms with Crippen LogP contribution in [0.15, 0.2) is 47.8 Å². The van der Waals surface area contributed by atoms with Crippen LogP contribution in [-0.4, -0.2) is 38.2 Å². The van der Waals surface area contributed by atoms with Crippen LogP contribution in [0.3, 0.4) is 0 Å². The number of nitrogens with one attached hydrogen (secondary N) is 1. The van der Waals surface area contributed by atoms with Crippen LogP contribution in [0.2, 0.25) is 5.02 Å². The quantitative estimate of drug-likeness (QED) is 0.629. The van der Waals surface area contributed by atoms with Crippen molar-refractivity contribution in [3.05, 3.63) is 47.9 Å². The molecule has 2 aromatic heterocycles. The van der Waals surface area contributed by atoms with Crippen molar-refractivity contribution in [3.8, 4) is 0 Å². The number of hydrogen-bond acceptors (Lipinski definition) is 6. The number of aromatic nitrogens is 3. The standard InChI is InChI=1S/C14H17ClO2S.C6H6N4/c1-14(2)16-11-7-8-12(13(11)17-14)18-10-5-3-9(15)4-6-10;7-5-4-1-2-8-6(4)10-3-9-5/h3-6,11-13H,7-8H2,1-2H3;1-3H,(H3,7,8,9,10). The molecule has 6 nitrogen and oxygen atoms in total. The molecular formula is C20H23ClN4O2S. The average molecular weight is 419 g/mol. The maximum absolute atomic E-state index is 6.01. The Morgan fingerprint density at radius 1 is 1.14 bits per heavy atom. The highest BCUT2D eigenvalue weighted by molar-refractivity contribution is 8.00. The molecule has 3 heterocycles. The second kappa shape index (κ2) is 7.91. The zero-order chi connectivity index (χ0) is 19.7. The summed E-state index contributed by atoms with van der Waals surface area (Å²) in [6.07, 6.45) is 5.97. The predicted molar refractivity (Wildman–Crippen MR) is 112 cm³/mol. The van der Waals surface area contributed by atoms with Crippen LogP contribution >= 0.6 is 23.4 Å². The molecule has 1 aliphatic heterocycles. The summed E-state index contributed by atoms with van der Waals surface area (Å²) in [5.74, 6) is 0.0976. The Labute approximate surface area is 173 Å². The summed E-state index contributed by atoms with van der Waals surface area (Å²) in [4.78, 5) is 12.0. The molecule has 3 atom stereocenters. The van der Waals surface area contributed by atoms with E-state index in [1.165, 1.54) is 11.2 Å². The molecule has 1 saturated heterocycles. The van der Waals surface area contributed by atoms with E-state index in [1.807, 2.05) is 43.8 Å². The third kappa shape index (κ3) is 4.27. The number of fused-ring (bicyclic) bond motifs is 2. The number of halogens is 1. The second-order valence-corrected chi connectivity index (χ2v) is 9.07. The van der Waals surface area contributed by atoms with Gasteiger partial charge in [0.05, 0.1) is 17.6 Å². The van der Waals surface area contributed by atoms with Crippen molar-refractivity contribution in [2.24, 2.45) is 0 Å². The lowest BCUT2D eigenvalue weighted by Crippen LogP contribution is -2.26. The van der Waals surface area contributed by atoms with Gasteiger partial charge in [-0.2, -0.15) is 0 Å². The van der Waals surface area contributed by atoms with Gasteiger partial charge >= 0.3 is 0 Å². The highest BCUT2D eigenvalue weighted by Crippen LogP contribution is 2.44. The van der Waals surface area contributed by atoms with Crippen LogP contribution in [0.1, 0.15) is 26.7 Å². The Hall–Kier alpha value is -1.80. The van der Waals surface area contributed by atoms with E-state index in [0.29, 0.717) is 11.1 Å². The van der Waals surface area contributed by atoms with Gasteiger partial charge in [0.1, 0.15) is 17.8 Å². The first kappa shape index (κ1) is 19.5. The molecule has 28 heavy (non-hydrogen) atoms. The molecule has 1 aliphatic carbocycles. The summed E-state index contributed by atoms with van der Waals surface area (Å²) < 4.78 is 11.9. The molecule has 8 heteroatoms. The zero-order valence-corrected chi connectivity index (χ0v) is 17.3. The van der Waals surface area contributed by atoms with E-state index in [-0.39, 0.29) is 12.2 Å². The van der Waals surface area contributed by atoms with E-state index < -0.39 is 5.79 Å². The van der Waals surface area contributed by atoms with Gasteiger partial charge in [0.2, 0.25) is 0 Å². The lowest BCUT2D eigenvalue weighted by atomic mass is 10.3. The fourth-order valence-electron chi connectivity index (χ4n) is 3.60. The predicted octanol–water partition coefficient (Wildman–Crippen LogP) is 4.65. The molecule has 3 N–H and O–H groups in total. The molecule has 1 aromatic carbocycles. The van der Waals surface area contributed by atoms with E-state index in [1.54, 1.807) is 6.20 Å². The van der Waals surface area contributed by atoms with Crippen molar-refractivity contribution in [3.63, 3.8) is 0 Å². The van der Waals surface area contributed by atoms with E-state index in [9.17, 15) is 0 Å². The van der Waals surface area contributed by atoms with E-state index in [2.05, 4.69) is 27.1 Å². The van der Waals surface area contributed by atoms with Crippen LogP contribution in [-0.2, 0) is 9.47 Å². The highest BCUT2D eigenvalue weighted by Gasteiger charge is 2.49. The van der Waals surface area contributed by atoms with Crippen molar-refractivity contribution in [1.82, 2.24) is 15.0 Å². The largest absolute Gasteiger partial charge is 0.383 e. The number of thioether (sulfide) groups is 1. The van der Waals surface area contributed by atoms with Gasteiger partial charge in [-0.05, 0) is 57.0 Å². The Morgan fingerprint density at radius 2 is 1.93 bits per heavy atom. The van der Waals surface area contributed by atoms with E-state index in [4.69, 9.17) is 26.8 Å². The topological polar surface area (TPSA) is 86.1 Å². The summed E-state index contributed by atoms with van der Waals surface area (Å²) in [6, 6.07) is 9.87. The molecule has 5 rings (SSSR count). The van der Waals surface area contributed by atoms with Gasteiger partial charge in [-0.1, -0.05) is 11.6 Å². The number of anilines is 1. The summed E-state index contributed by atoms with van der Waals surface area (Å²) >= 11 is 7.77. The molecule has 0 radical (unpaired) electrons. The number of nitrogen functional groups attached to an aromatic ring is 1. The number of rotatable bonds is 2. The average Bonchev–Trinajstić information content (AvgIpc) is 3.33. The Kier molecular flexibility index (Phi) is 5.51. The smallest absolute Gasteiger partial charge is 0.163 e. The van der Waals surface area contributed by atoms with Gasteiger partial charge in [0, 0.05) is 21.4 Å². The Bertz CT molecular complexity index is 947. The van der Waals surface area contributed by atoms with Crippen LogP contribution < -0.4 is 5.73 Å². The van der Waals surface area contributed by atoms with Crippen molar-refractivity contribution < 1.29 is 9.47 Å². The number of hydrogen-bond donors (Lipinski definition) is 2. The monoisotopic (exact) mass is 418 g/mol. The summed E-state index contributed by atoms with van der Waals surface area (Å²) in [6.45, 7) is 3.99. The molecule has 3 unspecified atom stereocenters. The van der Waals surface area contributed by atoms with Gasteiger partial charge in [0.25, 0.3) is 0 Å². The van der Waals surface area contributed by atoms with Crippen LogP contribution in [0.4, 0.5) is 5.82 Å². The number of ether oxygens (including phenoxy) is 2. The minimum absolute atomic E-state index is 0.223. The SMILES string of the molecule is CC1(C)OC2CCC(Sc3ccc(Cl)cc3)C2O1.Nc1ncnc2[nH]ccc12. The van der Waals surface area contributed by atoms with Gasteiger partial charge in [-0.25, -0.2) is 9.97 Å². The molecule has 1 saturated carbocycles. The summed E-state index contributed by atoms with van der Waals surface area (Å²) in [5.41, 5.74) is 6.31. The molecule has 0 bridgehead atoms. The minimum atomic E-state index is -0.422. The lowest BCUT2D eigenvalue weighted by Gasteiger charge is -2.21. The molecule has 3 aromatic rings. The Morgan fingerprint density at radius 3 is 2.68 bits per heavy atom. The number of benzene rings is 1. The van der Waals surface area contributed by atoms with Crippen molar-refractivity contribution in [2.45, 2.75) is 54.8 Å². The first-order chi connectivity index (χ1) is 13.4. The first-order valence-electron chi connectivity index (χ1n) is 9.23. The first-order valence-corrected chi connectivity index (χ1v) is 10.5. The summed E-state index contributed by atoms with van der Waals surface area (Å²) in [5, 5.41) is 2.14. The van der Waals surface area contributed by atoms with Crippen LogP contribution in [0.25, 0.3) is 11.0 Å². The molecule has 2 fully saturated rings. The maximum atomic E-state index is 6.01. The van der Waals surface area contributed by atoms with E-state index >= 15 is 0 Å². The van der Waals surface area contributed by atoms with Gasteiger partial charge in [-0.3, -0.25) is 0 Å². The fraction of sp³-hybridized carbons (Fsp3) is 0.400. The third-order valence-electron chi connectivity index (χ3n) is 4.81. The number of H-pyrrole nitrogens is 1. The van der Waals surface area contributed by atoms with Crippen molar-refractivity contribution in [2.75, 3.05) is 5.73 Å².